The second kappa shape index (κ2) is 5.77. The third-order valence-corrected chi connectivity index (χ3v) is 2.81. The van der Waals surface area contributed by atoms with E-state index in [0.29, 0.717) is 12.1 Å². The maximum atomic E-state index is 13.8. The smallest absolute Gasteiger partial charge is 0.422 e. The summed E-state index contributed by atoms with van der Waals surface area (Å²) in [6, 6.07) is 1.23. The number of aryl methyl sites for hydroxylation is 1. The second-order valence-corrected chi connectivity index (χ2v) is 4.66. The summed E-state index contributed by atoms with van der Waals surface area (Å²) in [5.74, 6) is -1.71. The van der Waals surface area contributed by atoms with Crippen LogP contribution in [0.5, 0.6) is 5.75 Å². The predicted octanol–water partition coefficient (Wildman–Crippen LogP) is 3.40. The highest BCUT2D eigenvalue weighted by molar-refractivity contribution is 5.44. The normalized spacial score (nSPS) is 12.1. The molecule has 1 aromatic carbocycles. The van der Waals surface area contributed by atoms with Gasteiger partial charge >= 0.3 is 6.18 Å². The van der Waals surface area contributed by atoms with Crippen molar-refractivity contribution in [2.75, 3.05) is 27.2 Å². The molecule has 0 heterocycles. The lowest BCUT2D eigenvalue weighted by molar-refractivity contribution is -0.141. The van der Waals surface area contributed by atoms with Crippen molar-refractivity contribution in [1.82, 2.24) is 4.90 Å². The topological polar surface area (TPSA) is 12.5 Å². The molecule has 0 unspecified atom stereocenters. The van der Waals surface area contributed by atoms with E-state index in [1.165, 1.54) is 13.0 Å². The van der Waals surface area contributed by atoms with E-state index in [9.17, 15) is 17.6 Å². The summed E-state index contributed by atoms with van der Waals surface area (Å²) in [4.78, 5) is 1.77. The molecular weight excluding hydrogens is 262 g/mol. The van der Waals surface area contributed by atoms with Crippen LogP contribution in [0.15, 0.2) is 6.07 Å². The zero-order valence-electron chi connectivity index (χ0n) is 11.4. The monoisotopic (exact) mass is 279 g/mol. The van der Waals surface area contributed by atoms with Crippen LogP contribution in [0.2, 0.25) is 0 Å². The maximum absolute atomic E-state index is 13.8. The van der Waals surface area contributed by atoms with Crippen LogP contribution >= 0.6 is 0 Å². The van der Waals surface area contributed by atoms with Crippen LogP contribution in [0.3, 0.4) is 0 Å². The summed E-state index contributed by atoms with van der Waals surface area (Å²) < 4.78 is 57.5. The molecule has 0 fully saturated rings. The van der Waals surface area contributed by atoms with Gasteiger partial charge in [-0.05, 0) is 45.1 Å². The van der Waals surface area contributed by atoms with Gasteiger partial charge < -0.3 is 9.64 Å². The molecule has 2 nitrogen and oxygen atoms in total. The first-order chi connectivity index (χ1) is 8.64. The number of hydrogen-bond acceptors (Lipinski definition) is 2. The van der Waals surface area contributed by atoms with E-state index >= 15 is 0 Å². The van der Waals surface area contributed by atoms with Gasteiger partial charge in [-0.25, -0.2) is 4.39 Å². The molecule has 0 spiro atoms. The lowest BCUT2D eigenvalue weighted by Crippen LogP contribution is -2.21. The summed E-state index contributed by atoms with van der Waals surface area (Å²) in [5.41, 5.74) is -0.896. The molecule has 0 aliphatic heterocycles. The fourth-order valence-electron chi connectivity index (χ4n) is 1.56. The van der Waals surface area contributed by atoms with Crippen LogP contribution in [0, 0.1) is 19.7 Å². The lowest BCUT2D eigenvalue weighted by atomic mass is 10.0. The number of alkyl halides is 3. The molecule has 0 radical (unpaired) electrons. The molecule has 1 rings (SSSR count). The Morgan fingerprint density at radius 2 is 1.79 bits per heavy atom. The molecule has 0 amide bonds. The third kappa shape index (κ3) is 3.83. The van der Waals surface area contributed by atoms with E-state index in [1.807, 2.05) is 0 Å². The number of ether oxygens (including phenoxy) is 1. The summed E-state index contributed by atoms with van der Waals surface area (Å²) in [5, 5.41) is 0. The molecule has 0 aliphatic rings. The zero-order valence-corrected chi connectivity index (χ0v) is 11.4. The van der Waals surface area contributed by atoms with Gasteiger partial charge in [-0.2, -0.15) is 13.2 Å². The molecule has 0 N–H and O–H groups in total. The SMILES string of the molecule is Cc1cc(OCCN(C)C)c(C(F)(F)F)c(F)c1C. The van der Waals surface area contributed by atoms with Gasteiger partial charge in [0.05, 0.1) is 0 Å². The Morgan fingerprint density at radius 1 is 1.21 bits per heavy atom. The molecule has 1 aromatic rings. The van der Waals surface area contributed by atoms with Crippen LogP contribution in [-0.2, 0) is 6.18 Å². The fourth-order valence-corrected chi connectivity index (χ4v) is 1.56. The minimum atomic E-state index is -4.77. The fraction of sp³-hybridized carbons (Fsp3) is 0.538. The van der Waals surface area contributed by atoms with Gasteiger partial charge in [0.1, 0.15) is 23.7 Å². The summed E-state index contributed by atoms with van der Waals surface area (Å²) in [6.07, 6.45) is -4.77. The lowest BCUT2D eigenvalue weighted by Gasteiger charge is -2.18. The summed E-state index contributed by atoms with van der Waals surface area (Å²) in [7, 11) is 3.55. The molecule has 19 heavy (non-hydrogen) atoms. The Morgan fingerprint density at radius 3 is 2.26 bits per heavy atom. The summed E-state index contributed by atoms with van der Waals surface area (Å²) in [6.45, 7) is 3.39. The van der Waals surface area contributed by atoms with E-state index in [4.69, 9.17) is 4.74 Å². The van der Waals surface area contributed by atoms with Gasteiger partial charge in [0.25, 0.3) is 0 Å². The van der Waals surface area contributed by atoms with Gasteiger partial charge in [0.15, 0.2) is 0 Å². The average Bonchev–Trinajstić information content (AvgIpc) is 2.23. The Bertz CT molecular complexity index is 455. The molecule has 108 valence electrons. The minimum Gasteiger partial charge on any atom is -0.491 e. The highest BCUT2D eigenvalue weighted by Gasteiger charge is 2.39. The first kappa shape index (κ1) is 15.8. The number of hydrogen-bond donors (Lipinski definition) is 0. The highest BCUT2D eigenvalue weighted by atomic mass is 19.4. The van der Waals surface area contributed by atoms with Crippen molar-refractivity contribution >= 4 is 0 Å². The zero-order chi connectivity index (χ0) is 14.8. The predicted molar refractivity (Wildman–Crippen MR) is 64.9 cm³/mol. The van der Waals surface area contributed by atoms with E-state index in [-0.39, 0.29) is 12.2 Å². The Hall–Kier alpha value is -1.30. The van der Waals surface area contributed by atoms with Crippen molar-refractivity contribution < 1.29 is 22.3 Å². The Kier molecular flexibility index (Phi) is 4.79. The van der Waals surface area contributed by atoms with Crippen molar-refractivity contribution in [2.24, 2.45) is 0 Å². The summed E-state index contributed by atoms with van der Waals surface area (Å²) >= 11 is 0. The standard InChI is InChI=1S/C13H17F4NO/c1-8-7-10(19-6-5-18(3)4)11(13(15,16)17)12(14)9(8)2/h7H,5-6H2,1-4H3. The number of likely N-dealkylation sites (N-methyl/N-ethyl adjacent to an activating group) is 1. The molecular formula is C13H17F4NO. The number of nitrogens with zero attached hydrogens (tertiary/aromatic N) is 1. The molecule has 0 saturated heterocycles. The van der Waals surface area contributed by atoms with Crippen LogP contribution in [0.25, 0.3) is 0 Å². The van der Waals surface area contributed by atoms with Crippen LogP contribution < -0.4 is 4.74 Å². The van der Waals surface area contributed by atoms with Crippen LogP contribution in [0.4, 0.5) is 17.6 Å². The van der Waals surface area contributed by atoms with E-state index in [1.54, 1.807) is 25.9 Å². The quantitative estimate of drug-likeness (QED) is 0.783. The van der Waals surface area contributed by atoms with E-state index in [2.05, 4.69) is 0 Å². The molecule has 6 heteroatoms. The Balaban J connectivity index is 3.15. The molecule has 0 aliphatic carbocycles. The first-order valence-corrected chi connectivity index (χ1v) is 5.79. The van der Waals surface area contributed by atoms with Crippen molar-refractivity contribution in [1.29, 1.82) is 0 Å². The second-order valence-electron chi connectivity index (χ2n) is 4.66. The van der Waals surface area contributed by atoms with E-state index in [0.717, 1.165) is 0 Å². The average molecular weight is 279 g/mol. The maximum Gasteiger partial charge on any atom is 0.422 e. The van der Waals surface area contributed by atoms with Gasteiger partial charge in [-0.1, -0.05) is 0 Å². The molecule has 0 bridgehead atoms. The van der Waals surface area contributed by atoms with E-state index < -0.39 is 23.3 Å². The highest BCUT2D eigenvalue weighted by Crippen LogP contribution is 2.40. The Labute approximate surface area is 110 Å². The van der Waals surface area contributed by atoms with Crippen molar-refractivity contribution in [3.05, 3.63) is 28.6 Å². The molecule has 0 aromatic heterocycles. The first-order valence-electron chi connectivity index (χ1n) is 5.79. The third-order valence-electron chi connectivity index (χ3n) is 2.81. The van der Waals surface area contributed by atoms with Crippen molar-refractivity contribution in [3.8, 4) is 5.75 Å². The van der Waals surface area contributed by atoms with Gasteiger partial charge in [-0.3, -0.25) is 0 Å². The number of rotatable bonds is 4. The molecule has 0 atom stereocenters. The van der Waals surface area contributed by atoms with Crippen LogP contribution in [0.1, 0.15) is 16.7 Å². The van der Waals surface area contributed by atoms with Gasteiger partial charge in [0, 0.05) is 6.54 Å². The van der Waals surface area contributed by atoms with Crippen molar-refractivity contribution in [3.63, 3.8) is 0 Å². The number of benzene rings is 1. The van der Waals surface area contributed by atoms with Crippen LogP contribution in [-0.4, -0.2) is 32.1 Å². The molecule has 0 saturated carbocycles. The number of halogens is 4. The van der Waals surface area contributed by atoms with Gasteiger partial charge in [0.2, 0.25) is 0 Å². The van der Waals surface area contributed by atoms with Crippen molar-refractivity contribution in [2.45, 2.75) is 20.0 Å². The minimum absolute atomic E-state index is 0.00714. The largest absolute Gasteiger partial charge is 0.491 e. The van der Waals surface area contributed by atoms with Gasteiger partial charge in [-0.15, -0.1) is 0 Å².